The van der Waals surface area contributed by atoms with Gasteiger partial charge in [-0.2, -0.15) is 0 Å². The van der Waals surface area contributed by atoms with Crippen LogP contribution in [0.25, 0.3) is 0 Å². The van der Waals surface area contributed by atoms with E-state index in [2.05, 4.69) is 33.6 Å². The fourth-order valence-corrected chi connectivity index (χ4v) is 2.70. The van der Waals surface area contributed by atoms with Crippen LogP contribution in [0.4, 0.5) is 17.2 Å². The summed E-state index contributed by atoms with van der Waals surface area (Å²) in [6, 6.07) is 13.1. The fourth-order valence-electron chi connectivity index (χ4n) is 2.70. The molecule has 7 heteroatoms. The summed E-state index contributed by atoms with van der Waals surface area (Å²) in [6.45, 7) is 2.09. The number of nitrogens with zero attached hydrogens (tertiary/aromatic N) is 2. The number of amides is 1. The lowest BCUT2D eigenvalue weighted by Crippen LogP contribution is -2.15. The number of carbonyl (C=O) groups excluding carboxylic acids is 1. The monoisotopic (exact) mass is 378 g/mol. The number of benzene rings is 2. The molecule has 1 heterocycles. The molecule has 0 aliphatic carbocycles. The maximum Gasteiger partial charge on any atom is 0.275 e. The average molecular weight is 378 g/mol. The Morgan fingerprint density at radius 1 is 1.00 bits per heavy atom. The number of methoxy groups -OCH3 is 2. The molecule has 7 nitrogen and oxygen atoms in total. The van der Waals surface area contributed by atoms with Gasteiger partial charge in [-0.3, -0.25) is 4.79 Å². The van der Waals surface area contributed by atoms with Crippen molar-refractivity contribution in [3.05, 3.63) is 66.1 Å². The van der Waals surface area contributed by atoms with Gasteiger partial charge in [-0.1, -0.05) is 25.1 Å². The van der Waals surface area contributed by atoms with E-state index < -0.39 is 0 Å². The van der Waals surface area contributed by atoms with E-state index in [1.165, 1.54) is 25.1 Å². The molecule has 0 bridgehead atoms. The van der Waals surface area contributed by atoms with E-state index in [9.17, 15) is 4.79 Å². The lowest BCUT2D eigenvalue weighted by atomic mass is 10.1. The van der Waals surface area contributed by atoms with Gasteiger partial charge < -0.3 is 20.1 Å². The number of rotatable bonds is 7. The summed E-state index contributed by atoms with van der Waals surface area (Å²) in [5.41, 5.74) is 2.83. The molecule has 28 heavy (non-hydrogen) atoms. The van der Waals surface area contributed by atoms with Crippen LogP contribution in [-0.4, -0.2) is 30.1 Å². The lowest BCUT2D eigenvalue weighted by Gasteiger charge is -2.12. The molecule has 1 aromatic heterocycles. The van der Waals surface area contributed by atoms with Crippen LogP contribution in [0.3, 0.4) is 0 Å². The van der Waals surface area contributed by atoms with Crippen LogP contribution >= 0.6 is 0 Å². The number of aromatic nitrogens is 2. The quantitative estimate of drug-likeness (QED) is 0.645. The van der Waals surface area contributed by atoms with Gasteiger partial charge in [-0.15, -0.1) is 0 Å². The smallest absolute Gasteiger partial charge is 0.275 e. The average Bonchev–Trinajstić information content (AvgIpc) is 2.74. The highest BCUT2D eigenvalue weighted by Gasteiger charge is 2.13. The topological polar surface area (TPSA) is 85.4 Å². The van der Waals surface area contributed by atoms with Gasteiger partial charge >= 0.3 is 0 Å². The summed E-state index contributed by atoms with van der Waals surface area (Å²) in [5.74, 6) is 1.31. The molecule has 1 amide bonds. The highest BCUT2D eigenvalue weighted by atomic mass is 16.5. The Labute approximate surface area is 163 Å². The van der Waals surface area contributed by atoms with E-state index in [0.717, 1.165) is 12.1 Å². The van der Waals surface area contributed by atoms with Gasteiger partial charge in [-0.05, 0) is 30.2 Å². The van der Waals surface area contributed by atoms with E-state index in [0.29, 0.717) is 23.0 Å². The van der Waals surface area contributed by atoms with Crippen molar-refractivity contribution in [2.75, 3.05) is 24.9 Å². The Balaban J connectivity index is 1.74. The molecule has 0 aliphatic heterocycles. The molecule has 2 N–H and O–H groups in total. The predicted molar refractivity (Wildman–Crippen MR) is 109 cm³/mol. The number of carbonyl (C=O) groups is 1. The second-order valence-corrected chi connectivity index (χ2v) is 5.94. The summed E-state index contributed by atoms with van der Waals surface area (Å²) in [6.07, 6.45) is 3.86. The van der Waals surface area contributed by atoms with Crippen LogP contribution < -0.4 is 20.1 Å². The third-order valence-electron chi connectivity index (χ3n) is 4.20. The molecule has 0 atom stereocenters. The Morgan fingerprint density at radius 2 is 1.82 bits per heavy atom. The third kappa shape index (κ3) is 4.37. The van der Waals surface area contributed by atoms with Crippen LogP contribution in [0, 0.1) is 0 Å². The summed E-state index contributed by atoms with van der Waals surface area (Å²) < 4.78 is 10.5. The predicted octanol–water partition coefficient (Wildman–Crippen LogP) is 4.05. The molecule has 3 rings (SSSR count). The van der Waals surface area contributed by atoms with Crippen LogP contribution in [0.2, 0.25) is 0 Å². The molecule has 0 aliphatic rings. The molecule has 0 spiro atoms. The van der Waals surface area contributed by atoms with E-state index in [4.69, 9.17) is 9.47 Å². The maximum absolute atomic E-state index is 12.5. The first-order valence-corrected chi connectivity index (χ1v) is 8.85. The standard InChI is InChI=1S/C21H22N4O3/c1-4-14-7-5-6-8-16(14)24-20-13-22-18(12-23-20)21(26)25-17-11-15(27-2)9-10-19(17)28-3/h5-13H,4H2,1-3H3,(H,23,24)(H,25,26). The van der Waals surface area contributed by atoms with Gasteiger partial charge in [0.2, 0.25) is 0 Å². The first kappa shape index (κ1) is 19.2. The van der Waals surface area contributed by atoms with Crippen molar-refractivity contribution in [3.8, 4) is 11.5 Å². The number of hydrogen-bond donors (Lipinski definition) is 2. The summed E-state index contributed by atoms with van der Waals surface area (Å²) in [5, 5.41) is 6.00. The van der Waals surface area contributed by atoms with Crippen molar-refractivity contribution >= 4 is 23.1 Å². The van der Waals surface area contributed by atoms with E-state index >= 15 is 0 Å². The van der Waals surface area contributed by atoms with Gasteiger partial charge in [0.05, 0.1) is 32.3 Å². The Morgan fingerprint density at radius 3 is 2.50 bits per heavy atom. The maximum atomic E-state index is 12.5. The molecule has 3 aromatic rings. The zero-order valence-electron chi connectivity index (χ0n) is 16.0. The number of hydrogen-bond acceptors (Lipinski definition) is 6. The molecular weight excluding hydrogens is 356 g/mol. The summed E-state index contributed by atoms with van der Waals surface area (Å²) in [7, 11) is 3.09. The molecular formula is C21H22N4O3. The van der Waals surface area contributed by atoms with Crippen LogP contribution in [0.15, 0.2) is 54.9 Å². The number of ether oxygens (including phenoxy) is 2. The van der Waals surface area contributed by atoms with Crippen molar-refractivity contribution in [1.82, 2.24) is 9.97 Å². The van der Waals surface area contributed by atoms with Gasteiger partial charge in [0.15, 0.2) is 0 Å². The zero-order chi connectivity index (χ0) is 19.9. The molecule has 0 saturated heterocycles. The van der Waals surface area contributed by atoms with Crippen molar-refractivity contribution in [1.29, 1.82) is 0 Å². The van der Waals surface area contributed by atoms with Crippen LogP contribution in [0.1, 0.15) is 23.0 Å². The number of anilines is 3. The summed E-state index contributed by atoms with van der Waals surface area (Å²) >= 11 is 0. The first-order chi connectivity index (χ1) is 13.6. The third-order valence-corrected chi connectivity index (χ3v) is 4.20. The van der Waals surface area contributed by atoms with E-state index in [1.54, 1.807) is 25.3 Å². The second kappa shape index (κ2) is 8.85. The van der Waals surface area contributed by atoms with Crippen molar-refractivity contribution in [3.63, 3.8) is 0 Å². The minimum Gasteiger partial charge on any atom is -0.497 e. The Kier molecular flexibility index (Phi) is 6.06. The van der Waals surface area contributed by atoms with Gasteiger partial charge in [-0.25, -0.2) is 9.97 Å². The molecule has 0 unspecified atom stereocenters. The summed E-state index contributed by atoms with van der Waals surface area (Å²) in [4.78, 5) is 21.0. The Bertz CT molecular complexity index is 958. The molecule has 144 valence electrons. The van der Waals surface area contributed by atoms with Crippen molar-refractivity contribution < 1.29 is 14.3 Å². The fraction of sp³-hybridized carbons (Fsp3) is 0.190. The number of aryl methyl sites for hydroxylation is 1. The number of nitrogens with one attached hydrogen (secondary N) is 2. The zero-order valence-corrected chi connectivity index (χ0v) is 16.0. The van der Waals surface area contributed by atoms with Gasteiger partial charge in [0, 0.05) is 11.8 Å². The molecule has 0 saturated carbocycles. The van der Waals surface area contributed by atoms with Crippen LogP contribution in [0.5, 0.6) is 11.5 Å². The normalized spacial score (nSPS) is 10.2. The lowest BCUT2D eigenvalue weighted by molar-refractivity contribution is 0.102. The first-order valence-electron chi connectivity index (χ1n) is 8.85. The SMILES string of the molecule is CCc1ccccc1Nc1cnc(C(=O)Nc2cc(OC)ccc2OC)cn1. The van der Waals surface area contributed by atoms with Crippen molar-refractivity contribution in [2.24, 2.45) is 0 Å². The van der Waals surface area contributed by atoms with Crippen molar-refractivity contribution in [2.45, 2.75) is 13.3 Å². The molecule has 2 aromatic carbocycles. The second-order valence-electron chi connectivity index (χ2n) is 5.94. The highest BCUT2D eigenvalue weighted by molar-refractivity contribution is 6.03. The van der Waals surface area contributed by atoms with Crippen LogP contribution in [-0.2, 0) is 6.42 Å². The van der Waals surface area contributed by atoms with Gasteiger partial charge in [0.1, 0.15) is 23.0 Å². The largest absolute Gasteiger partial charge is 0.497 e. The number of para-hydroxylation sites is 1. The van der Waals surface area contributed by atoms with E-state index in [-0.39, 0.29) is 11.6 Å². The minimum atomic E-state index is -0.389. The van der Waals surface area contributed by atoms with E-state index in [1.807, 2.05) is 18.2 Å². The Hall–Kier alpha value is -3.61. The molecule has 0 radical (unpaired) electrons. The highest BCUT2D eigenvalue weighted by Crippen LogP contribution is 2.29. The minimum absolute atomic E-state index is 0.194. The molecule has 0 fully saturated rings. The van der Waals surface area contributed by atoms with Gasteiger partial charge in [0.25, 0.3) is 5.91 Å².